The molecule has 38 heavy (non-hydrogen) atoms. The van der Waals surface area contributed by atoms with Crippen LogP contribution in [0.2, 0.25) is 0 Å². The van der Waals surface area contributed by atoms with E-state index >= 15 is 0 Å². The van der Waals surface area contributed by atoms with E-state index in [1.165, 1.54) is 36.9 Å². The molecule has 4 aromatic carbocycles. The number of nitrogens with zero attached hydrogens (tertiary/aromatic N) is 3. The molecule has 0 saturated carbocycles. The summed E-state index contributed by atoms with van der Waals surface area (Å²) in [5.41, 5.74) is 11.3. The third-order valence-corrected chi connectivity index (χ3v) is 8.83. The molecule has 0 amide bonds. The molecule has 0 spiro atoms. The Labute approximate surface area is 226 Å². The fraction of sp³-hybridized carbons (Fsp3) is 0.118. The molecule has 0 unspecified atom stereocenters. The van der Waals surface area contributed by atoms with E-state index in [9.17, 15) is 0 Å². The Morgan fingerprint density at radius 3 is 2.18 bits per heavy atom. The molecular weight excluding hydrogens is 482 g/mol. The topological polar surface area (TPSA) is 30.7 Å². The first-order valence-corrected chi connectivity index (χ1v) is 13.8. The predicted molar refractivity (Wildman–Crippen MR) is 162 cm³/mol. The average molecular weight is 510 g/mol. The van der Waals surface area contributed by atoms with Gasteiger partial charge in [0.05, 0.1) is 16.7 Å². The molecular formula is C34H27N3S. The summed E-state index contributed by atoms with van der Waals surface area (Å²) in [7, 11) is 0. The van der Waals surface area contributed by atoms with Crippen molar-refractivity contribution >= 4 is 42.5 Å². The van der Waals surface area contributed by atoms with Crippen molar-refractivity contribution in [1.29, 1.82) is 0 Å². The highest BCUT2D eigenvalue weighted by Crippen LogP contribution is 2.44. The Bertz CT molecular complexity index is 2000. The lowest BCUT2D eigenvalue weighted by molar-refractivity contribution is 1.06. The minimum absolute atomic E-state index is 0.963. The number of fused-ring (bicyclic) bond motifs is 4. The van der Waals surface area contributed by atoms with E-state index < -0.39 is 0 Å². The van der Waals surface area contributed by atoms with Gasteiger partial charge in [0.1, 0.15) is 5.82 Å². The summed E-state index contributed by atoms with van der Waals surface area (Å²) in [6.45, 7) is 8.51. The van der Waals surface area contributed by atoms with Crippen LogP contribution in [0.4, 0.5) is 0 Å². The van der Waals surface area contributed by atoms with E-state index in [1.54, 1.807) is 0 Å². The number of para-hydroxylation sites is 1. The number of hydrogen-bond acceptors (Lipinski definition) is 3. The zero-order valence-electron chi connectivity index (χ0n) is 21.9. The molecule has 3 nitrogen and oxygen atoms in total. The quantitative estimate of drug-likeness (QED) is 0.237. The highest BCUT2D eigenvalue weighted by Gasteiger charge is 2.22. The normalized spacial score (nSPS) is 11.7. The molecule has 7 aromatic rings. The molecule has 0 N–H and O–H groups in total. The lowest BCUT2D eigenvalue weighted by Gasteiger charge is -2.12. The van der Waals surface area contributed by atoms with Gasteiger partial charge in [-0.05, 0) is 74.2 Å². The molecule has 0 radical (unpaired) electrons. The van der Waals surface area contributed by atoms with Crippen LogP contribution in [0.3, 0.4) is 0 Å². The van der Waals surface area contributed by atoms with Crippen LogP contribution < -0.4 is 0 Å². The molecule has 0 fully saturated rings. The highest BCUT2D eigenvalue weighted by molar-refractivity contribution is 7.26. The molecule has 3 aromatic heterocycles. The third-order valence-electron chi connectivity index (χ3n) is 7.64. The number of benzene rings is 4. The van der Waals surface area contributed by atoms with E-state index in [2.05, 4.69) is 123 Å². The maximum atomic E-state index is 5.33. The number of thiophene rings is 1. The Kier molecular flexibility index (Phi) is 5.20. The number of rotatable bonds is 3. The van der Waals surface area contributed by atoms with E-state index in [-0.39, 0.29) is 0 Å². The van der Waals surface area contributed by atoms with Crippen LogP contribution in [-0.2, 0) is 0 Å². The van der Waals surface area contributed by atoms with Crippen LogP contribution >= 0.6 is 11.3 Å². The second kappa shape index (κ2) is 8.64. The van der Waals surface area contributed by atoms with Crippen LogP contribution in [0.25, 0.3) is 59.4 Å². The Hall–Kier alpha value is -4.28. The SMILES string of the molecule is Cc1nc(C)c2c(nc(-c3ccc(C)c4c3sc3cc(-c5ccccc5)ccc34)n2-c2ccccc2)c1C. The standard InChI is InChI=1S/C34H27N3S/c1-20-15-17-28(33-30(20)27-18-16-25(19-29(27)38-33)24-11-7-5-8-12-24)34-36-31-21(2)22(3)35-23(4)32(31)37(34)26-13-9-6-10-14-26/h5-19H,1-4H3. The van der Waals surface area contributed by atoms with Crippen molar-refractivity contribution in [2.75, 3.05) is 0 Å². The Balaban J connectivity index is 1.56. The van der Waals surface area contributed by atoms with Gasteiger partial charge in [-0.15, -0.1) is 11.3 Å². The van der Waals surface area contributed by atoms with Crippen molar-refractivity contribution in [3.05, 3.63) is 114 Å². The Morgan fingerprint density at radius 1 is 0.684 bits per heavy atom. The second-order valence-corrected chi connectivity index (χ2v) is 11.1. The van der Waals surface area contributed by atoms with Crippen LogP contribution in [0, 0.1) is 27.7 Å². The van der Waals surface area contributed by atoms with Crippen molar-refractivity contribution in [1.82, 2.24) is 14.5 Å². The van der Waals surface area contributed by atoms with Crippen molar-refractivity contribution in [3.63, 3.8) is 0 Å². The van der Waals surface area contributed by atoms with Crippen LogP contribution in [0.1, 0.15) is 22.5 Å². The first kappa shape index (κ1) is 22.9. The van der Waals surface area contributed by atoms with Crippen molar-refractivity contribution in [3.8, 4) is 28.2 Å². The van der Waals surface area contributed by atoms with Gasteiger partial charge in [0.15, 0.2) is 0 Å². The largest absolute Gasteiger partial charge is 0.290 e. The maximum Gasteiger partial charge on any atom is 0.147 e. The van der Waals surface area contributed by atoms with Gasteiger partial charge in [-0.25, -0.2) is 4.98 Å². The molecule has 4 heteroatoms. The minimum atomic E-state index is 0.963. The first-order chi connectivity index (χ1) is 18.5. The van der Waals surface area contributed by atoms with Gasteiger partial charge in [-0.1, -0.05) is 66.7 Å². The van der Waals surface area contributed by atoms with E-state index in [0.717, 1.165) is 45.1 Å². The second-order valence-electron chi connectivity index (χ2n) is 10.0. The monoisotopic (exact) mass is 509 g/mol. The zero-order chi connectivity index (χ0) is 26.0. The molecule has 0 bridgehead atoms. The molecule has 0 aliphatic carbocycles. The summed E-state index contributed by atoms with van der Waals surface area (Å²) in [5.74, 6) is 0.963. The predicted octanol–water partition coefficient (Wildman–Crippen LogP) is 9.36. The molecule has 7 rings (SSSR count). The fourth-order valence-electron chi connectivity index (χ4n) is 5.62. The summed E-state index contributed by atoms with van der Waals surface area (Å²) in [4.78, 5) is 10.2. The van der Waals surface area contributed by atoms with Gasteiger partial charge >= 0.3 is 0 Å². The summed E-state index contributed by atoms with van der Waals surface area (Å²) in [6, 6.07) is 32.5. The van der Waals surface area contributed by atoms with Gasteiger partial charge in [0, 0.05) is 37.1 Å². The number of imidazole rings is 1. The average Bonchev–Trinajstić information content (AvgIpc) is 3.53. The van der Waals surface area contributed by atoms with Crippen LogP contribution in [-0.4, -0.2) is 14.5 Å². The number of pyridine rings is 1. The molecule has 0 atom stereocenters. The summed E-state index contributed by atoms with van der Waals surface area (Å²) >= 11 is 1.86. The Morgan fingerprint density at radius 2 is 1.42 bits per heavy atom. The fourth-order valence-corrected chi connectivity index (χ4v) is 6.94. The molecule has 184 valence electrons. The van der Waals surface area contributed by atoms with Gasteiger partial charge < -0.3 is 0 Å². The van der Waals surface area contributed by atoms with Crippen LogP contribution in [0.15, 0.2) is 91.0 Å². The van der Waals surface area contributed by atoms with Gasteiger partial charge in [-0.2, -0.15) is 0 Å². The van der Waals surface area contributed by atoms with Gasteiger partial charge in [-0.3, -0.25) is 9.55 Å². The molecule has 0 saturated heterocycles. The summed E-state index contributed by atoms with van der Waals surface area (Å²) in [6.07, 6.45) is 0. The molecule has 3 heterocycles. The number of aryl methyl sites for hydroxylation is 4. The van der Waals surface area contributed by atoms with E-state index in [4.69, 9.17) is 9.97 Å². The first-order valence-electron chi connectivity index (χ1n) is 12.9. The minimum Gasteiger partial charge on any atom is -0.290 e. The van der Waals surface area contributed by atoms with Crippen molar-refractivity contribution < 1.29 is 0 Å². The molecule has 0 aliphatic heterocycles. The summed E-state index contributed by atoms with van der Waals surface area (Å²) < 4.78 is 4.87. The van der Waals surface area contributed by atoms with Crippen LogP contribution in [0.5, 0.6) is 0 Å². The van der Waals surface area contributed by atoms with Crippen molar-refractivity contribution in [2.24, 2.45) is 0 Å². The highest BCUT2D eigenvalue weighted by atomic mass is 32.1. The van der Waals surface area contributed by atoms with E-state index in [0.29, 0.717) is 0 Å². The van der Waals surface area contributed by atoms with Gasteiger partial charge in [0.25, 0.3) is 0 Å². The van der Waals surface area contributed by atoms with Crippen molar-refractivity contribution in [2.45, 2.75) is 27.7 Å². The lowest BCUT2D eigenvalue weighted by Crippen LogP contribution is -2.00. The lowest BCUT2D eigenvalue weighted by atomic mass is 10.0. The number of aromatic nitrogens is 3. The van der Waals surface area contributed by atoms with E-state index in [1.807, 2.05) is 11.3 Å². The zero-order valence-corrected chi connectivity index (χ0v) is 22.7. The smallest absolute Gasteiger partial charge is 0.147 e. The molecule has 0 aliphatic rings. The van der Waals surface area contributed by atoms with Gasteiger partial charge in [0.2, 0.25) is 0 Å². The summed E-state index contributed by atoms with van der Waals surface area (Å²) in [5, 5.41) is 2.62. The number of hydrogen-bond donors (Lipinski definition) is 0. The maximum absolute atomic E-state index is 5.33. The third kappa shape index (κ3) is 3.41.